The second-order valence-electron chi connectivity index (χ2n) is 5.47. The fourth-order valence-electron chi connectivity index (χ4n) is 2.74. The molecule has 2 fully saturated rings. The Morgan fingerprint density at radius 3 is 3.10 bits per heavy atom. The molecule has 3 rings (SSSR count). The molecule has 1 aliphatic carbocycles. The van der Waals surface area contributed by atoms with Gasteiger partial charge in [-0.2, -0.15) is 0 Å². The van der Waals surface area contributed by atoms with Crippen LogP contribution >= 0.6 is 0 Å². The molecule has 5 nitrogen and oxygen atoms in total. The van der Waals surface area contributed by atoms with Crippen LogP contribution in [-0.4, -0.2) is 36.2 Å². The van der Waals surface area contributed by atoms with Crippen molar-refractivity contribution in [2.45, 2.75) is 31.4 Å². The maximum Gasteiger partial charge on any atom is 0.252 e. The van der Waals surface area contributed by atoms with Gasteiger partial charge in [0.05, 0.1) is 29.8 Å². The quantitative estimate of drug-likeness (QED) is 0.801. The number of pyridine rings is 1. The number of carbonyl (C=O) groups excluding carboxylic acids is 1. The van der Waals surface area contributed by atoms with E-state index in [0.717, 1.165) is 13.0 Å². The summed E-state index contributed by atoms with van der Waals surface area (Å²) in [5, 5.41) is 3.09. The van der Waals surface area contributed by atoms with Gasteiger partial charge in [-0.05, 0) is 31.2 Å². The van der Waals surface area contributed by atoms with Crippen molar-refractivity contribution >= 4 is 5.91 Å². The molecule has 21 heavy (non-hydrogen) atoms. The highest BCUT2D eigenvalue weighted by Gasteiger charge is 2.41. The van der Waals surface area contributed by atoms with Crippen molar-refractivity contribution < 1.29 is 9.53 Å². The molecular weight excluding hydrogens is 266 g/mol. The van der Waals surface area contributed by atoms with Crippen molar-refractivity contribution in [3.8, 4) is 11.8 Å². The van der Waals surface area contributed by atoms with E-state index in [2.05, 4.69) is 22.1 Å². The highest BCUT2D eigenvalue weighted by atomic mass is 16.5. The first-order chi connectivity index (χ1) is 10.3. The number of nitrogens with two attached hydrogens (primary N) is 1. The summed E-state index contributed by atoms with van der Waals surface area (Å²) in [6.07, 6.45) is 6.67. The fourth-order valence-corrected chi connectivity index (χ4v) is 2.74. The van der Waals surface area contributed by atoms with E-state index in [0.29, 0.717) is 17.0 Å². The summed E-state index contributed by atoms with van der Waals surface area (Å²) in [6, 6.07) is 1.80. The van der Waals surface area contributed by atoms with Crippen LogP contribution in [0.3, 0.4) is 0 Å². The number of carbonyl (C=O) groups is 1. The first kappa shape index (κ1) is 14.1. The second kappa shape index (κ2) is 6.25. The van der Waals surface area contributed by atoms with Crippen LogP contribution in [0.5, 0.6) is 0 Å². The molecule has 2 unspecified atom stereocenters. The van der Waals surface area contributed by atoms with Crippen LogP contribution in [0.2, 0.25) is 0 Å². The van der Waals surface area contributed by atoms with Gasteiger partial charge in [-0.15, -0.1) is 0 Å². The van der Waals surface area contributed by atoms with Gasteiger partial charge in [-0.1, -0.05) is 11.8 Å². The molecule has 1 aliphatic heterocycles. The van der Waals surface area contributed by atoms with E-state index < -0.39 is 0 Å². The minimum atomic E-state index is -0.111. The number of nitrogens with zero attached hydrogens (tertiary/aromatic N) is 1. The van der Waals surface area contributed by atoms with Crippen molar-refractivity contribution in [1.29, 1.82) is 0 Å². The van der Waals surface area contributed by atoms with Gasteiger partial charge in [-0.25, -0.2) is 0 Å². The lowest BCUT2D eigenvalue weighted by atomic mass is 10.0. The Hall–Kier alpha value is -1.90. The SMILES string of the molecule is NCC#Cc1cnccc1C(=O)NC1CCOC1C1CC1. The minimum Gasteiger partial charge on any atom is -0.376 e. The third-order valence-electron chi connectivity index (χ3n) is 3.93. The molecule has 5 heteroatoms. The van der Waals surface area contributed by atoms with Crippen LogP contribution in [-0.2, 0) is 4.74 Å². The van der Waals surface area contributed by atoms with E-state index in [9.17, 15) is 4.79 Å². The van der Waals surface area contributed by atoms with E-state index in [1.165, 1.54) is 12.8 Å². The number of amides is 1. The predicted octanol–water partition coefficient (Wildman–Crippen LogP) is 0.689. The van der Waals surface area contributed by atoms with Crippen LogP contribution in [0, 0.1) is 17.8 Å². The summed E-state index contributed by atoms with van der Waals surface area (Å²) in [4.78, 5) is 16.5. The lowest BCUT2D eigenvalue weighted by molar-refractivity contribution is 0.0729. The highest BCUT2D eigenvalue weighted by Crippen LogP contribution is 2.38. The predicted molar refractivity (Wildman–Crippen MR) is 78.5 cm³/mol. The van der Waals surface area contributed by atoms with Crippen LogP contribution < -0.4 is 11.1 Å². The summed E-state index contributed by atoms with van der Waals surface area (Å²) in [6.45, 7) is 0.985. The number of aromatic nitrogens is 1. The molecule has 0 bridgehead atoms. The van der Waals surface area contributed by atoms with Gasteiger partial charge >= 0.3 is 0 Å². The Balaban J connectivity index is 1.73. The zero-order chi connectivity index (χ0) is 14.7. The molecule has 1 aromatic heterocycles. The zero-order valence-electron chi connectivity index (χ0n) is 11.8. The summed E-state index contributed by atoms with van der Waals surface area (Å²) in [5.74, 6) is 6.17. The molecule has 0 aromatic carbocycles. The monoisotopic (exact) mass is 285 g/mol. The Morgan fingerprint density at radius 2 is 2.33 bits per heavy atom. The highest BCUT2D eigenvalue weighted by molar-refractivity contribution is 5.96. The van der Waals surface area contributed by atoms with Crippen molar-refractivity contribution in [3.05, 3.63) is 29.6 Å². The molecule has 1 aromatic rings. The van der Waals surface area contributed by atoms with E-state index in [4.69, 9.17) is 10.5 Å². The second-order valence-corrected chi connectivity index (χ2v) is 5.47. The Bertz CT molecular complexity index is 587. The fraction of sp³-hybridized carbons (Fsp3) is 0.500. The summed E-state index contributed by atoms with van der Waals surface area (Å²) in [7, 11) is 0. The van der Waals surface area contributed by atoms with Gasteiger partial charge in [0.2, 0.25) is 0 Å². The lowest BCUT2D eigenvalue weighted by Crippen LogP contribution is -2.41. The lowest BCUT2D eigenvalue weighted by Gasteiger charge is -2.19. The molecule has 1 amide bonds. The van der Waals surface area contributed by atoms with Crippen molar-refractivity contribution in [3.63, 3.8) is 0 Å². The first-order valence-electron chi connectivity index (χ1n) is 7.35. The van der Waals surface area contributed by atoms with E-state index in [1.807, 2.05) is 0 Å². The zero-order valence-corrected chi connectivity index (χ0v) is 11.8. The number of ether oxygens (including phenoxy) is 1. The molecule has 2 aliphatic rings. The maximum atomic E-state index is 12.5. The molecule has 0 radical (unpaired) electrons. The van der Waals surface area contributed by atoms with Gasteiger partial charge in [0.15, 0.2) is 0 Å². The van der Waals surface area contributed by atoms with Crippen LogP contribution in [0.15, 0.2) is 18.5 Å². The summed E-state index contributed by atoms with van der Waals surface area (Å²) >= 11 is 0. The van der Waals surface area contributed by atoms with E-state index >= 15 is 0 Å². The minimum absolute atomic E-state index is 0.105. The van der Waals surface area contributed by atoms with Gasteiger partial charge in [0.1, 0.15) is 0 Å². The van der Waals surface area contributed by atoms with Crippen LogP contribution in [0.4, 0.5) is 0 Å². The standard InChI is InChI=1S/C16H19N3O2/c17-7-1-2-12-10-18-8-5-13(12)16(20)19-14-6-9-21-15(14)11-3-4-11/h5,8,10-11,14-15H,3-4,6-7,9,17H2,(H,19,20). The average molecular weight is 285 g/mol. The van der Waals surface area contributed by atoms with Crippen LogP contribution in [0.1, 0.15) is 35.2 Å². The summed E-state index contributed by atoms with van der Waals surface area (Å²) < 4.78 is 5.75. The third kappa shape index (κ3) is 3.23. The topological polar surface area (TPSA) is 77.2 Å². The number of rotatable bonds is 3. The molecule has 2 atom stereocenters. The molecule has 2 heterocycles. The van der Waals surface area contributed by atoms with Crippen molar-refractivity contribution in [2.75, 3.05) is 13.2 Å². The maximum absolute atomic E-state index is 12.5. The van der Waals surface area contributed by atoms with Gasteiger partial charge < -0.3 is 15.8 Å². The van der Waals surface area contributed by atoms with Crippen LogP contribution in [0.25, 0.3) is 0 Å². The average Bonchev–Trinajstić information content (AvgIpc) is 3.25. The molecule has 0 spiro atoms. The van der Waals surface area contributed by atoms with E-state index in [1.54, 1.807) is 18.5 Å². The van der Waals surface area contributed by atoms with E-state index in [-0.39, 0.29) is 24.6 Å². The normalized spacial score (nSPS) is 24.2. The van der Waals surface area contributed by atoms with Gasteiger partial charge in [0, 0.05) is 19.0 Å². The Labute approximate surface area is 124 Å². The third-order valence-corrected chi connectivity index (χ3v) is 3.93. The molecule has 1 saturated carbocycles. The number of hydrogen-bond acceptors (Lipinski definition) is 4. The van der Waals surface area contributed by atoms with Gasteiger partial charge in [-0.3, -0.25) is 9.78 Å². The van der Waals surface area contributed by atoms with Crippen molar-refractivity contribution in [2.24, 2.45) is 11.7 Å². The smallest absolute Gasteiger partial charge is 0.252 e. The molecule has 3 N–H and O–H groups in total. The largest absolute Gasteiger partial charge is 0.376 e. The molecule has 1 saturated heterocycles. The number of nitrogens with one attached hydrogen (secondary N) is 1. The number of hydrogen-bond donors (Lipinski definition) is 2. The van der Waals surface area contributed by atoms with Gasteiger partial charge in [0.25, 0.3) is 5.91 Å². The summed E-state index contributed by atoms with van der Waals surface area (Å²) in [5.41, 5.74) is 6.54. The molecule has 110 valence electrons. The molecular formula is C16H19N3O2. The van der Waals surface area contributed by atoms with Crippen molar-refractivity contribution in [1.82, 2.24) is 10.3 Å². The first-order valence-corrected chi connectivity index (χ1v) is 7.35. The Kier molecular flexibility index (Phi) is 4.18. The Morgan fingerprint density at radius 1 is 1.48 bits per heavy atom.